The summed E-state index contributed by atoms with van der Waals surface area (Å²) in [4.78, 5) is 13.5. The van der Waals surface area contributed by atoms with E-state index in [1.54, 1.807) is 29.5 Å². The van der Waals surface area contributed by atoms with Gasteiger partial charge in [0.05, 0.1) is 23.9 Å². The van der Waals surface area contributed by atoms with Gasteiger partial charge in [0, 0.05) is 23.5 Å². The largest absolute Gasteiger partial charge is 0.323 e. The van der Waals surface area contributed by atoms with E-state index in [9.17, 15) is 4.79 Å². The molecule has 0 fully saturated rings. The van der Waals surface area contributed by atoms with Crippen LogP contribution in [-0.2, 0) is 17.8 Å². The Balaban J connectivity index is 1.51. The first kappa shape index (κ1) is 20.3. The number of aromatic nitrogens is 2. The van der Waals surface area contributed by atoms with Gasteiger partial charge >= 0.3 is 0 Å². The highest BCUT2D eigenvalue weighted by molar-refractivity contribution is 7.13. The number of rotatable bonds is 7. The van der Waals surface area contributed by atoms with Crippen LogP contribution in [0.15, 0.2) is 84.4 Å². The smallest absolute Gasteiger partial charge is 0.248 e. The molecule has 0 radical (unpaired) electrons. The quantitative estimate of drug-likeness (QED) is 0.405. The Morgan fingerprint density at radius 2 is 1.87 bits per heavy atom. The van der Waals surface area contributed by atoms with Crippen LogP contribution in [0.4, 0.5) is 5.69 Å². The molecule has 1 amide bonds. The van der Waals surface area contributed by atoms with E-state index in [4.69, 9.17) is 10.4 Å². The maximum Gasteiger partial charge on any atom is 0.248 e. The van der Waals surface area contributed by atoms with Crippen LogP contribution in [0.25, 0.3) is 16.6 Å². The van der Waals surface area contributed by atoms with Crippen LogP contribution in [0.3, 0.4) is 0 Å². The van der Waals surface area contributed by atoms with Crippen LogP contribution in [0.1, 0.15) is 16.7 Å². The van der Waals surface area contributed by atoms with Crippen LogP contribution >= 0.6 is 11.3 Å². The number of nitrogens with one attached hydrogen (secondary N) is 1. The molecule has 2 aromatic carbocycles. The van der Waals surface area contributed by atoms with Gasteiger partial charge < -0.3 is 5.32 Å². The lowest BCUT2D eigenvalue weighted by molar-refractivity contribution is -0.111. The van der Waals surface area contributed by atoms with Crippen molar-refractivity contribution in [3.8, 4) is 16.6 Å². The first-order valence-corrected chi connectivity index (χ1v) is 10.7. The zero-order valence-corrected chi connectivity index (χ0v) is 17.5. The second-order valence-electron chi connectivity index (χ2n) is 6.95. The van der Waals surface area contributed by atoms with Gasteiger partial charge in [-0.3, -0.25) is 9.48 Å². The molecule has 0 aliphatic heterocycles. The third-order valence-corrected chi connectivity index (χ3v) is 5.53. The van der Waals surface area contributed by atoms with E-state index >= 15 is 0 Å². The molecular formula is C25H20N4OS. The fourth-order valence-electron chi connectivity index (χ4n) is 3.16. The maximum absolute atomic E-state index is 12.4. The predicted molar refractivity (Wildman–Crippen MR) is 125 cm³/mol. The summed E-state index contributed by atoms with van der Waals surface area (Å²) in [5.41, 5.74) is 4.52. The van der Waals surface area contributed by atoms with Crippen molar-refractivity contribution < 1.29 is 4.79 Å². The van der Waals surface area contributed by atoms with E-state index in [0.29, 0.717) is 18.7 Å². The number of benzene rings is 2. The monoisotopic (exact) mass is 424 g/mol. The fourth-order valence-corrected chi connectivity index (χ4v) is 3.89. The Morgan fingerprint density at radius 1 is 1.06 bits per heavy atom. The molecule has 0 unspecified atom stereocenters. The average Bonchev–Trinajstić information content (AvgIpc) is 3.44. The van der Waals surface area contributed by atoms with Gasteiger partial charge in [0.25, 0.3) is 0 Å². The Labute approximate surface area is 184 Å². The molecular weight excluding hydrogens is 404 g/mol. The van der Waals surface area contributed by atoms with Crippen molar-refractivity contribution in [1.29, 1.82) is 5.26 Å². The Bertz CT molecular complexity index is 1220. The number of carbonyl (C=O) groups excluding carboxylic acids is 1. The highest BCUT2D eigenvalue weighted by Crippen LogP contribution is 2.28. The molecule has 0 saturated heterocycles. The number of nitrogens with zero attached hydrogens (tertiary/aromatic N) is 3. The van der Waals surface area contributed by atoms with Gasteiger partial charge in [-0.1, -0.05) is 48.5 Å². The minimum Gasteiger partial charge on any atom is -0.323 e. The Hall–Kier alpha value is -3.95. The summed E-state index contributed by atoms with van der Waals surface area (Å²) in [6, 6.07) is 23.6. The molecule has 1 N–H and O–H groups in total. The van der Waals surface area contributed by atoms with Gasteiger partial charge in [-0.2, -0.15) is 10.4 Å². The third kappa shape index (κ3) is 5.35. The number of carbonyl (C=O) groups is 1. The summed E-state index contributed by atoms with van der Waals surface area (Å²) in [5, 5.41) is 18.4. The third-order valence-electron chi connectivity index (χ3n) is 4.65. The minimum atomic E-state index is -0.221. The van der Waals surface area contributed by atoms with Crippen LogP contribution in [0.5, 0.6) is 0 Å². The van der Waals surface area contributed by atoms with E-state index in [0.717, 1.165) is 27.3 Å². The van der Waals surface area contributed by atoms with Crippen molar-refractivity contribution in [3.05, 3.63) is 101 Å². The predicted octanol–water partition coefficient (Wildman–Crippen LogP) is 5.38. The van der Waals surface area contributed by atoms with E-state index < -0.39 is 0 Å². The molecule has 6 heteroatoms. The van der Waals surface area contributed by atoms with Gasteiger partial charge in [-0.25, -0.2) is 0 Å². The van der Waals surface area contributed by atoms with E-state index in [2.05, 4.69) is 23.5 Å². The first-order chi connectivity index (χ1) is 15.2. The number of amides is 1. The zero-order chi connectivity index (χ0) is 21.5. The van der Waals surface area contributed by atoms with Crippen molar-refractivity contribution in [2.75, 3.05) is 5.32 Å². The SMILES string of the molecule is N#CCc1ccc(NC(=O)/C=C/c2cn(Cc3ccccc3)nc2-c2cccs2)cc1. The van der Waals surface area contributed by atoms with Crippen LogP contribution in [0.2, 0.25) is 0 Å². The minimum absolute atomic E-state index is 0.221. The highest BCUT2D eigenvalue weighted by atomic mass is 32.1. The molecule has 0 spiro atoms. The van der Waals surface area contributed by atoms with E-state index in [-0.39, 0.29) is 5.91 Å². The number of thiophene rings is 1. The van der Waals surface area contributed by atoms with E-state index in [1.807, 2.05) is 58.7 Å². The molecule has 152 valence electrons. The lowest BCUT2D eigenvalue weighted by atomic mass is 10.1. The van der Waals surface area contributed by atoms with Crippen molar-refractivity contribution in [2.24, 2.45) is 0 Å². The van der Waals surface area contributed by atoms with Crippen LogP contribution in [0, 0.1) is 11.3 Å². The summed E-state index contributed by atoms with van der Waals surface area (Å²) in [5.74, 6) is -0.221. The van der Waals surface area contributed by atoms with Gasteiger partial charge in [-0.05, 0) is 40.8 Å². The molecule has 0 atom stereocenters. The highest BCUT2D eigenvalue weighted by Gasteiger charge is 2.11. The molecule has 0 aliphatic rings. The molecule has 31 heavy (non-hydrogen) atoms. The van der Waals surface area contributed by atoms with Crippen LogP contribution in [-0.4, -0.2) is 15.7 Å². The summed E-state index contributed by atoms with van der Waals surface area (Å²) in [7, 11) is 0. The topological polar surface area (TPSA) is 70.7 Å². The molecule has 2 heterocycles. The summed E-state index contributed by atoms with van der Waals surface area (Å²) in [6.45, 7) is 0.661. The summed E-state index contributed by atoms with van der Waals surface area (Å²) in [6.07, 6.45) is 5.63. The zero-order valence-electron chi connectivity index (χ0n) is 16.7. The van der Waals surface area contributed by atoms with Crippen molar-refractivity contribution in [3.63, 3.8) is 0 Å². The molecule has 5 nitrogen and oxygen atoms in total. The van der Waals surface area contributed by atoms with Crippen molar-refractivity contribution in [1.82, 2.24) is 9.78 Å². The fraction of sp³-hybridized carbons (Fsp3) is 0.0800. The van der Waals surface area contributed by atoms with Gasteiger partial charge in [0.1, 0.15) is 5.69 Å². The number of hydrogen-bond acceptors (Lipinski definition) is 4. The van der Waals surface area contributed by atoms with Crippen molar-refractivity contribution in [2.45, 2.75) is 13.0 Å². The van der Waals surface area contributed by atoms with Gasteiger partial charge in [0.2, 0.25) is 5.91 Å². The molecule has 0 bridgehead atoms. The van der Waals surface area contributed by atoms with Gasteiger partial charge in [-0.15, -0.1) is 11.3 Å². The molecule has 0 saturated carbocycles. The summed E-state index contributed by atoms with van der Waals surface area (Å²) < 4.78 is 1.90. The number of hydrogen-bond donors (Lipinski definition) is 1. The normalized spacial score (nSPS) is 10.8. The number of anilines is 1. The maximum atomic E-state index is 12.4. The Kier molecular flexibility index (Phi) is 6.36. The molecule has 2 aromatic heterocycles. The standard InChI is InChI=1S/C25H20N4OS/c26-15-14-19-8-11-22(12-9-19)27-24(30)13-10-21-18-29(17-20-5-2-1-3-6-20)28-25(21)23-7-4-16-31-23/h1-13,16,18H,14,17H2,(H,27,30)/b13-10+. The summed E-state index contributed by atoms with van der Waals surface area (Å²) >= 11 is 1.62. The lowest BCUT2D eigenvalue weighted by Crippen LogP contribution is -2.07. The molecule has 4 aromatic rings. The van der Waals surface area contributed by atoms with Gasteiger partial charge in [0.15, 0.2) is 0 Å². The average molecular weight is 425 g/mol. The van der Waals surface area contributed by atoms with Crippen LogP contribution < -0.4 is 5.32 Å². The lowest BCUT2D eigenvalue weighted by Gasteiger charge is -2.02. The van der Waals surface area contributed by atoms with Crippen molar-refractivity contribution >= 4 is 29.0 Å². The number of nitriles is 1. The first-order valence-electron chi connectivity index (χ1n) is 9.81. The molecule has 0 aliphatic carbocycles. The Morgan fingerprint density at radius 3 is 2.58 bits per heavy atom. The second-order valence-corrected chi connectivity index (χ2v) is 7.90. The van der Waals surface area contributed by atoms with E-state index in [1.165, 1.54) is 6.08 Å². The second kappa shape index (κ2) is 9.70. The molecule has 4 rings (SSSR count).